The zero-order chi connectivity index (χ0) is 13.7. The molecule has 0 saturated carbocycles. The maximum atomic E-state index is 10.6. The molecule has 1 aromatic rings. The Labute approximate surface area is 108 Å². The van der Waals surface area contributed by atoms with Crippen LogP contribution in [0.15, 0.2) is 12.1 Å². The number of nitrogen functional groups attached to an aromatic ring is 1. The number of anilines is 2. The number of pyridine rings is 1. The SMILES string of the molecule is Nc1ccc(Cl)nc1NC(CC(=O)O)CC(=O)O. The van der Waals surface area contributed by atoms with Gasteiger partial charge in [-0.05, 0) is 12.1 Å². The van der Waals surface area contributed by atoms with E-state index in [1.165, 1.54) is 12.1 Å². The van der Waals surface area contributed by atoms with E-state index in [0.717, 1.165) is 0 Å². The smallest absolute Gasteiger partial charge is 0.305 e. The summed E-state index contributed by atoms with van der Waals surface area (Å²) in [6, 6.07) is 2.16. The second-order valence-electron chi connectivity index (χ2n) is 3.61. The number of carboxylic acid groups (broad SMARTS) is 2. The van der Waals surface area contributed by atoms with Gasteiger partial charge in [-0.1, -0.05) is 11.6 Å². The molecule has 1 rings (SSSR count). The van der Waals surface area contributed by atoms with Crippen molar-refractivity contribution < 1.29 is 19.8 Å². The normalized spacial score (nSPS) is 10.3. The molecular formula is C10H12ClN3O4. The van der Waals surface area contributed by atoms with Gasteiger partial charge >= 0.3 is 11.9 Å². The fourth-order valence-corrected chi connectivity index (χ4v) is 1.50. The Morgan fingerprint density at radius 1 is 1.33 bits per heavy atom. The molecule has 18 heavy (non-hydrogen) atoms. The molecule has 0 spiro atoms. The van der Waals surface area contributed by atoms with Crippen molar-refractivity contribution in [2.75, 3.05) is 11.1 Å². The van der Waals surface area contributed by atoms with E-state index in [0.29, 0.717) is 0 Å². The molecule has 0 aliphatic rings. The average molecular weight is 274 g/mol. The predicted molar refractivity (Wildman–Crippen MR) is 65.6 cm³/mol. The van der Waals surface area contributed by atoms with Crippen LogP contribution in [0.4, 0.5) is 11.5 Å². The van der Waals surface area contributed by atoms with Crippen LogP contribution in [0.5, 0.6) is 0 Å². The number of hydrogen-bond acceptors (Lipinski definition) is 5. The Morgan fingerprint density at radius 2 is 1.89 bits per heavy atom. The molecule has 0 radical (unpaired) electrons. The van der Waals surface area contributed by atoms with Crippen LogP contribution < -0.4 is 11.1 Å². The molecule has 0 bridgehead atoms. The lowest BCUT2D eigenvalue weighted by Gasteiger charge is -2.16. The van der Waals surface area contributed by atoms with E-state index in [-0.39, 0.29) is 29.5 Å². The van der Waals surface area contributed by atoms with Crippen molar-refractivity contribution in [1.29, 1.82) is 0 Å². The van der Waals surface area contributed by atoms with Crippen LogP contribution in [0.3, 0.4) is 0 Å². The first-order chi connectivity index (χ1) is 8.38. The Bertz CT molecular complexity index is 450. The van der Waals surface area contributed by atoms with Crippen LogP contribution in [0, 0.1) is 0 Å². The van der Waals surface area contributed by atoms with E-state index in [1.807, 2.05) is 0 Å². The van der Waals surface area contributed by atoms with Crippen LogP contribution in [0.2, 0.25) is 5.15 Å². The second kappa shape index (κ2) is 6.06. The lowest BCUT2D eigenvalue weighted by molar-refractivity contribution is -0.138. The van der Waals surface area contributed by atoms with Crippen molar-refractivity contribution >= 4 is 35.0 Å². The third-order valence-electron chi connectivity index (χ3n) is 2.08. The summed E-state index contributed by atoms with van der Waals surface area (Å²) in [6.45, 7) is 0. The van der Waals surface area contributed by atoms with Crippen LogP contribution in [0.1, 0.15) is 12.8 Å². The van der Waals surface area contributed by atoms with Gasteiger partial charge in [-0.25, -0.2) is 4.98 Å². The average Bonchev–Trinajstić information content (AvgIpc) is 2.21. The maximum absolute atomic E-state index is 10.6. The zero-order valence-corrected chi connectivity index (χ0v) is 10.0. The summed E-state index contributed by atoms with van der Waals surface area (Å²) < 4.78 is 0. The minimum absolute atomic E-state index is 0.176. The highest BCUT2D eigenvalue weighted by Crippen LogP contribution is 2.20. The molecule has 1 aromatic heterocycles. The second-order valence-corrected chi connectivity index (χ2v) is 4.00. The highest BCUT2D eigenvalue weighted by molar-refractivity contribution is 6.29. The highest BCUT2D eigenvalue weighted by atomic mass is 35.5. The Kier molecular flexibility index (Phi) is 4.73. The number of halogens is 1. The van der Waals surface area contributed by atoms with Crippen molar-refractivity contribution in [3.8, 4) is 0 Å². The van der Waals surface area contributed by atoms with Crippen molar-refractivity contribution in [3.05, 3.63) is 17.3 Å². The van der Waals surface area contributed by atoms with Crippen LogP contribution in [-0.2, 0) is 9.59 Å². The zero-order valence-electron chi connectivity index (χ0n) is 9.26. The molecule has 0 aromatic carbocycles. The van der Waals surface area contributed by atoms with Gasteiger partial charge in [0.1, 0.15) is 5.15 Å². The Morgan fingerprint density at radius 3 is 2.39 bits per heavy atom. The van der Waals surface area contributed by atoms with E-state index in [2.05, 4.69) is 10.3 Å². The minimum atomic E-state index is -1.12. The summed E-state index contributed by atoms with van der Waals surface area (Å²) in [7, 11) is 0. The van der Waals surface area contributed by atoms with E-state index < -0.39 is 18.0 Å². The molecule has 0 unspecified atom stereocenters. The number of aliphatic carboxylic acids is 2. The van der Waals surface area contributed by atoms with E-state index in [4.69, 9.17) is 27.5 Å². The first-order valence-corrected chi connectivity index (χ1v) is 5.38. The van der Waals surface area contributed by atoms with Gasteiger partial charge in [0.05, 0.1) is 18.5 Å². The molecule has 8 heteroatoms. The molecule has 0 atom stereocenters. The molecule has 0 saturated heterocycles. The van der Waals surface area contributed by atoms with Gasteiger partial charge in [0, 0.05) is 6.04 Å². The monoisotopic (exact) mass is 273 g/mol. The van der Waals surface area contributed by atoms with Crippen LogP contribution in [0.25, 0.3) is 0 Å². The molecular weight excluding hydrogens is 262 g/mol. The van der Waals surface area contributed by atoms with Gasteiger partial charge < -0.3 is 21.3 Å². The number of nitrogens with one attached hydrogen (secondary N) is 1. The standard InChI is InChI=1S/C10H12ClN3O4/c11-7-2-1-6(12)10(14-7)13-5(3-8(15)16)4-9(17)18/h1-2,5H,3-4,12H2,(H,13,14)(H,15,16)(H,17,18). The predicted octanol–water partition coefficient (Wildman–Crippen LogP) is 1.05. The van der Waals surface area contributed by atoms with Gasteiger partial charge in [-0.2, -0.15) is 0 Å². The van der Waals surface area contributed by atoms with Gasteiger partial charge in [0.25, 0.3) is 0 Å². The molecule has 5 N–H and O–H groups in total. The highest BCUT2D eigenvalue weighted by Gasteiger charge is 2.18. The number of carboxylic acids is 2. The minimum Gasteiger partial charge on any atom is -0.481 e. The topological polar surface area (TPSA) is 126 Å². The number of hydrogen-bond donors (Lipinski definition) is 4. The lowest BCUT2D eigenvalue weighted by Crippen LogP contribution is -2.27. The quantitative estimate of drug-likeness (QED) is 0.571. The Hall–Kier alpha value is -2.02. The maximum Gasteiger partial charge on any atom is 0.305 e. The number of aromatic nitrogens is 1. The lowest BCUT2D eigenvalue weighted by atomic mass is 10.1. The largest absolute Gasteiger partial charge is 0.481 e. The number of rotatable bonds is 6. The van der Waals surface area contributed by atoms with Gasteiger partial charge in [-0.15, -0.1) is 0 Å². The summed E-state index contributed by atoms with van der Waals surface area (Å²) in [5.41, 5.74) is 5.88. The van der Waals surface area contributed by atoms with Gasteiger partial charge in [0.2, 0.25) is 0 Å². The molecule has 0 aliphatic carbocycles. The number of carbonyl (C=O) groups is 2. The Balaban J connectivity index is 2.84. The van der Waals surface area contributed by atoms with Gasteiger partial charge in [0.15, 0.2) is 5.82 Å². The van der Waals surface area contributed by atoms with E-state index in [9.17, 15) is 9.59 Å². The molecule has 0 fully saturated rings. The molecule has 1 heterocycles. The first-order valence-electron chi connectivity index (χ1n) is 5.00. The van der Waals surface area contributed by atoms with Crippen molar-refractivity contribution in [2.45, 2.75) is 18.9 Å². The molecule has 7 nitrogen and oxygen atoms in total. The third kappa shape index (κ3) is 4.46. The van der Waals surface area contributed by atoms with Crippen molar-refractivity contribution in [1.82, 2.24) is 4.98 Å². The summed E-state index contributed by atoms with van der Waals surface area (Å²) in [5.74, 6) is -2.06. The van der Waals surface area contributed by atoms with Crippen molar-refractivity contribution in [2.24, 2.45) is 0 Å². The molecule has 0 aliphatic heterocycles. The molecule has 0 amide bonds. The summed E-state index contributed by atoms with van der Waals surface area (Å²) >= 11 is 5.67. The third-order valence-corrected chi connectivity index (χ3v) is 2.29. The number of nitrogens with two attached hydrogens (primary N) is 1. The van der Waals surface area contributed by atoms with Gasteiger partial charge in [-0.3, -0.25) is 9.59 Å². The van der Waals surface area contributed by atoms with Crippen LogP contribution in [-0.4, -0.2) is 33.2 Å². The van der Waals surface area contributed by atoms with E-state index >= 15 is 0 Å². The summed E-state index contributed by atoms with van der Waals surface area (Å²) in [5, 5.41) is 20.2. The fourth-order valence-electron chi connectivity index (χ4n) is 1.35. The van der Waals surface area contributed by atoms with Crippen LogP contribution >= 0.6 is 11.6 Å². The van der Waals surface area contributed by atoms with E-state index in [1.54, 1.807) is 0 Å². The molecule has 98 valence electrons. The van der Waals surface area contributed by atoms with Crippen molar-refractivity contribution in [3.63, 3.8) is 0 Å². The summed E-state index contributed by atoms with van der Waals surface area (Å²) in [4.78, 5) is 25.1. The fraction of sp³-hybridized carbons (Fsp3) is 0.300. The first kappa shape index (κ1) is 14.0. The summed E-state index contributed by atoms with van der Waals surface area (Å²) in [6.07, 6.45) is -0.722. The number of nitrogens with zero attached hydrogens (tertiary/aromatic N) is 1.